The van der Waals surface area contributed by atoms with Crippen LogP contribution in [0.25, 0.3) is 0 Å². The summed E-state index contributed by atoms with van der Waals surface area (Å²) < 4.78 is 5.49. The molecule has 0 saturated heterocycles. The zero-order chi connectivity index (χ0) is 31.8. The van der Waals surface area contributed by atoms with E-state index in [1.807, 2.05) is 0 Å². The van der Waals surface area contributed by atoms with Gasteiger partial charge in [-0.15, -0.1) is 0 Å². The highest BCUT2D eigenvalue weighted by atomic mass is 16.6. The lowest BCUT2D eigenvalue weighted by Crippen LogP contribution is -2.54. The number of hydrogen-bond donors (Lipinski definition) is 4. The highest BCUT2D eigenvalue weighted by molar-refractivity contribution is 5.92. The molecule has 0 aromatic heterocycles. The van der Waals surface area contributed by atoms with Crippen LogP contribution in [0.1, 0.15) is 103 Å². The summed E-state index contributed by atoms with van der Waals surface area (Å²) in [6.45, 7) is 10.2. The van der Waals surface area contributed by atoms with Crippen molar-refractivity contribution in [1.29, 1.82) is 0 Å². The zero-order valence-corrected chi connectivity index (χ0v) is 26.5. The molecular formula is C34H51N3O6. The third-order valence-electron chi connectivity index (χ3n) is 6.98. The number of phenols is 2. The average Bonchev–Trinajstić information content (AvgIpc) is 2.94. The largest absolute Gasteiger partial charge is 0.508 e. The normalized spacial score (nSPS) is 12.7. The van der Waals surface area contributed by atoms with Gasteiger partial charge in [-0.25, -0.2) is 4.79 Å². The Balaban J connectivity index is 2.52. The average molecular weight is 598 g/mol. The quantitative estimate of drug-likeness (QED) is 0.157. The number of alkyl carbamates (subject to hydrolysis) is 1. The van der Waals surface area contributed by atoms with Gasteiger partial charge in [0, 0.05) is 19.5 Å². The minimum absolute atomic E-state index is 0.0100. The second-order valence-electron chi connectivity index (χ2n) is 12.0. The molecule has 3 amide bonds. The lowest BCUT2D eigenvalue weighted by atomic mass is 9.99. The number of ether oxygens (including phenoxy) is 1. The van der Waals surface area contributed by atoms with Crippen molar-refractivity contribution in [1.82, 2.24) is 15.5 Å². The maximum atomic E-state index is 14.5. The lowest BCUT2D eigenvalue weighted by Gasteiger charge is -2.35. The van der Waals surface area contributed by atoms with E-state index in [1.54, 1.807) is 45.0 Å². The Morgan fingerprint density at radius 2 is 1.51 bits per heavy atom. The van der Waals surface area contributed by atoms with Crippen molar-refractivity contribution in [3.63, 3.8) is 0 Å². The number of hydrogen-bond acceptors (Lipinski definition) is 6. The Morgan fingerprint density at radius 1 is 0.860 bits per heavy atom. The van der Waals surface area contributed by atoms with E-state index in [0.717, 1.165) is 44.9 Å². The van der Waals surface area contributed by atoms with E-state index in [-0.39, 0.29) is 30.4 Å². The van der Waals surface area contributed by atoms with Crippen molar-refractivity contribution in [2.45, 2.75) is 110 Å². The first kappa shape index (κ1) is 35.4. The van der Waals surface area contributed by atoms with Gasteiger partial charge < -0.3 is 30.5 Å². The van der Waals surface area contributed by atoms with Crippen LogP contribution in [0.3, 0.4) is 0 Å². The molecule has 2 rings (SSSR count). The van der Waals surface area contributed by atoms with Gasteiger partial charge >= 0.3 is 6.09 Å². The number of nitrogens with one attached hydrogen (secondary N) is 2. The van der Waals surface area contributed by atoms with Crippen LogP contribution >= 0.6 is 0 Å². The van der Waals surface area contributed by atoms with Gasteiger partial charge in [0.15, 0.2) is 0 Å². The molecule has 9 heteroatoms. The molecule has 4 N–H and O–H groups in total. The van der Waals surface area contributed by atoms with Crippen molar-refractivity contribution in [3.05, 3.63) is 59.7 Å². The Morgan fingerprint density at radius 3 is 2.14 bits per heavy atom. The number of carbonyl (C=O) groups is 3. The summed E-state index contributed by atoms with van der Waals surface area (Å²) in [5, 5.41) is 25.8. The third-order valence-corrected chi connectivity index (χ3v) is 6.98. The standard InChI is InChI=1S/C34H51N3O6/c1-6-8-10-11-13-22-37(30(26-15-14-16-28(39)24-26)31(40)35-21-12-9-7-2)32(41)29(36-33(42)43-34(3,4)5)23-25-17-19-27(38)20-18-25/h14-20,24,29-30,38-39H,6-13,21-23H2,1-5H3,(H,35,40)(H,36,42). The number of aromatic hydroxyl groups is 2. The summed E-state index contributed by atoms with van der Waals surface area (Å²) in [5.41, 5.74) is 0.418. The molecule has 2 atom stereocenters. The molecule has 43 heavy (non-hydrogen) atoms. The summed E-state index contributed by atoms with van der Waals surface area (Å²) in [6, 6.07) is 10.8. The smallest absolute Gasteiger partial charge is 0.408 e. The van der Waals surface area contributed by atoms with Gasteiger partial charge in [0.05, 0.1) is 0 Å². The van der Waals surface area contributed by atoms with Gasteiger partial charge in [-0.3, -0.25) is 9.59 Å². The molecule has 0 aliphatic heterocycles. The molecule has 0 aliphatic rings. The molecule has 0 bridgehead atoms. The van der Waals surface area contributed by atoms with Crippen molar-refractivity contribution >= 4 is 17.9 Å². The minimum Gasteiger partial charge on any atom is -0.508 e. The van der Waals surface area contributed by atoms with Gasteiger partial charge in [-0.2, -0.15) is 0 Å². The van der Waals surface area contributed by atoms with Crippen LogP contribution in [0.15, 0.2) is 48.5 Å². The van der Waals surface area contributed by atoms with Gasteiger partial charge in [0.1, 0.15) is 29.2 Å². The van der Waals surface area contributed by atoms with Gasteiger partial charge in [0.25, 0.3) is 0 Å². The van der Waals surface area contributed by atoms with E-state index < -0.39 is 29.7 Å². The van der Waals surface area contributed by atoms with E-state index in [4.69, 9.17) is 4.74 Å². The van der Waals surface area contributed by atoms with E-state index in [1.165, 1.54) is 29.2 Å². The van der Waals surface area contributed by atoms with Crippen LogP contribution < -0.4 is 10.6 Å². The third kappa shape index (κ3) is 13.0. The SMILES string of the molecule is CCCCCCCN(C(=O)C(Cc1ccc(O)cc1)NC(=O)OC(C)(C)C)C(C(=O)NCCCCC)c1cccc(O)c1. The topological polar surface area (TPSA) is 128 Å². The molecule has 0 saturated carbocycles. The zero-order valence-electron chi connectivity index (χ0n) is 26.5. The highest BCUT2D eigenvalue weighted by Crippen LogP contribution is 2.27. The van der Waals surface area contributed by atoms with E-state index >= 15 is 0 Å². The van der Waals surface area contributed by atoms with Crippen LogP contribution in [0.5, 0.6) is 11.5 Å². The fourth-order valence-corrected chi connectivity index (χ4v) is 4.82. The lowest BCUT2D eigenvalue weighted by molar-refractivity contribution is -0.142. The molecular weight excluding hydrogens is 546 g/mol. The molecule has 0 radical (unpaired) electrons. The summed E-state index contributed by atoms with van der Waals surface area (Å²) in [6.07, 6.45) is 6.85. The second kappa shape index (κ2) is 18.0. The molecule has 0 fully saturated rings. The maximum absolute atomic E-state index is 14.5. The Bertz CT molecular complexity index is 1150. The monoisotopic (exact) mass is 597 g/mol. The Kier molecular flexibility index (Phi) is 14.9. The summed E-state index contributed by atoms with van der Waals surface area (Å²) in [4.78, 5) is 42.7. The summed E-state index contributed by atoms with van der Waals surface area (Å²) in [5.74, 6) is -0.705. The summed E-state index contributed by atoms with van der Waals surface area (Å²) >= 11 is 0. The molecule has 2 aromatic rings. The van der Waals surface area contributed by atoms with Gasteiger partial charge in [-0.05, 0) is 69.0 Å². The van der Waals surface area contributed by atoms with Crippen LogP contribution in [-0.2, 0) is 20.7 Å². The van der Waals surface area contributed by atoms with E-state index in [9.17, 15) is 24.6 Å². The highest BCUT2D eigenvalue weighted by Gasteiger charge is 2.36. The van der Waals surface area contributed by atoms with Crippen LogP contribution in [0.4, 0.5) is 4.79 Å². The first-order valence-electron chi connectivity index (χ1n) is 15.6. The predicted molar refractivity (Wildman–Crippen MR) is 169 cm³/mol. The Hall–Kier alpha value is -3.75. The molecule has 9 nitrogen and oxygen atoms in total. The van der Waals surface area contributed by atoms with E-state index in [2.05, 4.69) is 24.5 Å². The first-order valence-corrected chi connectivity index (χ1v) is 15.6. The van der Waals surface area contributed by atoms with Crippen LogP contribution in [0.2, 0.25) is 0 Å². The van der Waals surface area contributed by atoms with Gasteiger partial charge in [0.2, 0.25) is 11.8 Å². The molecule has 0 aliphatic carbocycles. The fraction of sp³-hybridized carbons (Fsp3) is 0.559. The minimum atomic E-state index is -1.05. The number of benzene rings is 2. The van der Waals surface area contributed by atoms with E-state index in [0.29, 0.717) is 24.1 Å². The molecule has 2 aromatic carbocycles. The molecule has 0 heterocycles. The van der Waals surface area contributed by atoms with Crippen molar-refractivity contribution in [2.75, 3.05) is 13.1 Å². The summed E-state index contributed by atoms with van der Waals surface area (Å²) in [7, 11) is 0. The second-order valence-corrected chi connectivity index (χ2v) is 12.0. The predicted octanol–water partition coefficient (Wildman–Crippen LogP) is 6.38. The molecule has 0 spiro atoms. The number of unbranched alkanes of at least 4 members (excludes halogenated alkanes) is 6. The van der Waals surface area contributed by atoms with Crippen molar-refractivity contribution in [2.24, 2.45) is 0 Å². The number of rotatable bonds is 17. The maximum Gasteiger partial charge on any atom is 0.408 e. The first-order chi connectivity index (χ1) is 20.4. The Labute approximate surface area is 257 Å². The number of nitrogens with zero attached hydrogens (tertiary/aromatic N) is 1. The number of phenolic OH excluding ortho intramolecular Hbond substituents is 2. The fourth-order valence-electron chi connectivity index (χ4n) is 4.82. The van der Waals surface area contributed by atoms with Crippen molar-refractivity contribution in [3.8, 4) is 11.5 Å². The molecule has 238 valence electrons. The molecule has 2 unspecified atom stereocenters. The van der Waals surface area contributed by atoms with Crippen LogP contribution in [0, 0.1) is 0 Å². The van der Waals surface area contributed by atoms with Crippen LogP contribution in [-0.4, -0.2) is 57.8 Å². The van der Waals surface area contributed by atoms with Crippen molar-refractivity contribution < 1.29 is 29.3 Å². The number of amides is 3. The number of carbonyl (C=O) groups excluding carboxylic acids is 3. The van der Waals surface area contributed by atoms with Gasteiger partial charge in [-0.1, -0.05) is 76.6 Å².